The zero-order chi connectivity index (χ0) is 58.4. The van der Waals surface area contributed by atoms with Crippen LogP contribution in [-0.2, 0) is 45.5 Å². The second-order valence-corrected chi connectivity index (χ2v) is 24.6. The Hall–Kier alpha value is -6.83. The Bertz CT molecular complexity index is 3300. The molecule has 10 rings (SSSR count). The number of carbonyl (C=O) groups excluding carboxylic acids is 8. The molecule has 4 fully saturated rings. The van der Waals surface area contributed by atoms with Gasteiger partial charge in [-0.1, -0.05) is 17.7 Å². The molecule has 1 aromatic heterocycles. The summed E-state index contributed by atoms with van der Waals surface area (Å²) in [6.45, 7) is 2.85. The highest BCUT2D eigenvalue weighted by Crippen LogP contribution is 2.59. The third-order valence-corrected chi connectivity index (χ3v) is 18.4. The number of hydrogen-bond donors (Lipinski definition) is 6. The van der Waals surface area contributed by atoms with Gasteiger partial charge in [0, 0.05) is 90.5 Å². The summed E-state index contributed by atoms with van der Waals surface area (Å²) in [5.41, 5.74) is 2.01. The van der Waals surface area contributed by atoms with Crippen molar-refractivity contribution in [1.82, 2.24) is 35.6 Å². The molecule has 6 atom stereocenters. The summed E-state index contributed by atoms with van der Waals surface area (Å²) in [6.07, 6.45) is 2.29. The first-order valence-corrected chi connectivity index (χ1v) is 29.8. The van der Waals surface area contributed by atoms with E-state index in [1.807, 2.05) is 6.07 Å². The molecule has 0 unspecified atom stereocenters. The predicted molar refractivity (Wildman–Crippen MR) is 291 cm³/mol. The first-order valence-electron chi connectivity index (χ1n) is 27.0. The third-order valence-electron chi connectivity index (χ3n) is 16.1. The highest BCUT2D eigenvalue weighted by atomic mass is 35.5. The number of imide groups is 1. The number of unbranched alkanes of at least 4 members (excludes halogenated alkanes) is 1. The SMILES string of the molecule is NC(=O)CC[C@@H](COc1cc(Cl)ccc1F)NC(=O)[C@@H]1CC[C@@H]2CCN(C(=O)CCCCN3CCN4c5ccc6c(c5OC[C@H]4C3)CN([C@H]3CCC(=O)NC3=O)C6=O)C[C@H](NC(=O)c3cc4cc(C(F)(F)P(=O)(O)O)ccc4s3)C(=O)N21. The van der Waals surface area contributed by atoms with Crippen molar-refractivity contribution in [2.45, 2.75) is 113 Å². The van der Waals surface area contributed by atoms with Crippen molar-refractivity contribution >= 4 is 93.6 Å². The summed E-state index contributed by atoms with van der Waals surface area (Å²) >= 11 is 6.93. The Kier molecular flexibility index (Phi) is 16.9. The molecule has 0 saturated carbocycles. The molecule has 0 bridgehead atoms. The number of ether oxygens (including phenoxy) is 2. The number of thiophene rings is 1. The number of anilines is 1. The fraction of sp³-hybridized carbons (Fsp3) is 0.481. The number of benzene rings is 3. The molecule has 22 nitrogen and oxygen atoms in total. The topological polar surface area (TPSA) is 291 Å². The van der Waals surface area contributed by atoms with Crippen molar-refractivity contribution in [2.75, 3.05) is 57.4 Å². The number of fused-ring (bicyclic) bond motifs is 7. The molecule has 28 heteroatoms. The van der Waals surface area contributed by atoms with E-state index in [0.29, 0.717) is 68.1 Å². The molecular formula is C54H60ClF3N9O13PS. The molecular weight excluding hydrogens is 1140 g/mol. The van der Waals surface area contributed by atoms with E-state index < -0.39 is 84.4 Å². The molecule has 6 aliphatic heterocycles. The number of alkyl halides is 2. The van der Waals surface area contributed by atoms with Crippen LogP contribution in [0.2, 0.25) is 5.02 Å². The lowest BCUT2D eigenvalue weighted by Gasteiger charge is -2.46. The maximum atomic E-state index is 14.9. The number of nitrogens with two attached hydrogens (primary N) is 1. The number of piperazine rings is 1. The Labute approximate surface area is 476 Å². The van der Waals surface area contributed by atoms with Gasteiger partial charge in [0.05, 0.1) is 29.2 Å². The summed E-state index contributed by atoms with van der Waals surface area (Å²) in [5.74, 6) is -4.47. The van der Waals surface area contributed by atoms with Crippen molar-refractivity contribution < 1.29 is 75.4 Å². The van der Waals surface area contributed by atoms with E-state index >= 15 is 0 Å². The maximum absolute atomic E-state index is 14.9. The zero-order valence-electron chi connectivity index (χ0n) is 44.2. The van der Waals surface area contributed by atoms with Gasteiger partial charge in [0.15, 0.2) is 11.6 Å². The molecule has 8 amide bonds. The molecule has 0 radical (unpaired) electrons. The minimum absolute atomic E-state index is 0.00126. The van der Waals surface area contributed by atoms with Crippen LogP contribution in [0.1, 0.15) is 95.4 Å². The minimum Gasteiger partial charge on any atom is -0.489 e. The minimum atomic E-state index is -5.92. The molecule has 6 aliphatic rings. The molecule has 7 heterocycles. The maximum Gasteiger partial charge on any atom is 0.399 e. The van der Waals surface area contributed by atoms with Gasteiger partial charge < -0.3 is 55.2 Å². The second kappa shape index (κ2) is 23.8. The van der Waals surface area contributed by atoms with E-state index in [0.717, 1.165) is 40.8 Å². The van der Waals surface area contributed by atoms with E-state index in [9.17, 15) is 65.9 Å². The van der Waals surface area contributed by atoms with Gasteiger partial charge in [-0.05, 0) is 99.3 Å². The zero-order valence-corrected chi connectivity index (χ0v) is 46.6. The lowest BCUT2D eigenvalue weighted by Crippen LogP contribution is -2.61. The van der Waals surface area contributed by atoms with Gasteiger partial charge in [0.25, 0.3) is 11.8 Å². The van der Waals surface area contributed by atoms with Crippen LogP contribution in [0.5, 0.6) is 11.5 Å². The third kappa shape index (κ3) is 12.1. The van der Waals surface area contributed by atoms with Crippen LogP contribution in [0.4, 0.5) is 18.9 Å². The molecule has 4 saturated heterocycles. The summed E-state index contributed by atoms with van der Waals surface area (Å²) in [5, 5.41) is 8.17. The molecule has 438 valence electrons. The second-order valence-electron chi connectivity index (χ2n) is 21.4. The van der Waals surface area contributed by atoms with Crippen molar-refractivity contribution in [3.8, 4) is 11.5 Å². The number of rotatable bonds is 18. The number of nitrogens with zero attached hydrogens (tertiary/aromatic N) is 5. The molecule has 0 aliphatic carbocycles. The number of piperidine rings is 1. The Morgan fingerprint density at radius 2 is 1.74 bits per heavy atom. The standard InChI is InChI=1S/C54H60ClF3N9O13PS/c55-31-5-9-37(56)42(23-31)79-27-32(6-14-45(59)68)60-50(72)41-10-7-33-16-18-64(26-38(53(75)67(33)41)61-51(73)44-22-29-21-30(4-13-43(29)82-44)54(57,58)81(76,77)78)47(70)3-1-2-17-63-19-20-65-34(24-63)28-80-48-36-25-66(40-12-15-46(69)62-49(40)71)52(74)35(36)8-11-39(48)65/h4-5,8-9,11,13,21-23,32-34,38,40-41H,1-3,6-7,10,12,14-20,24-28H2,(H2,59,68)(H,60,72)(H,61,73)(H,62,69,71)(H2,76,77,78)/t32-,33+,34+,38-,40-,41-/m0/s1. The van der Waals surface area contributed by atoms with E-state index in [4.69, 9.17) is 26.8 Å². The quantitative estimate of drug-likeness (QED) is 0.0467. The van der Waals surface area contributed by atoms with Gasteiger partial charge in [-0.2, -0.15) is 8.78 Å². The number of hydrogen-bond acceptors (Lipinski definition) is 14. The average Bonchev–Trinajstić information content (AvgIpc) is 4.17. The van der Waals surface area contributed by atoms with Crippen LogP contribution in [-0.4, -0.2) is 165 Å². The van der Waals surface area contributed by atoms with Crippen LogP contribution in [0.25, 0.3) is 10.1 Å². The van der Waals surface area contributed by atoms with Gasteiger partial charge >= 0.3 is 13.3 Å². The van der Waals surface area contributed by atoms with Crippen LogP contribution in [0.15, 0.2) is 54.6 Å². The molecule has 82 heavy (non-hydrogen) atoms. The van der Waals surface area contributed by atoms with Crippen molar-refractivity contribution in [2.24, 2.45) is 5.73 Å². The Balaban J connectivity index is 0.794. The van der Waals surface area contributed by atoms with Gasteiger partial charge in [-0.25, -0.2) is 4.39 Å². The summed E-state index contributed by atoms with van der Waals surface area (Å²) in [6, 6.07) is 6.80. The number of primary amides is 1. The molecule has 4 aromatic rings. The van der Waals surface area contributed by atoms with Gasteiger partial charge in [0.2, 0.25) is 35.4 Å². The van der Waals surface area contributed by atoms with Crippen LogP contribution in [0, 0.1) is 5.82 Å². The van der Waals surface area contributed by atoms with Gasteiger partial charge in [-0.15, -0.1) is 11.3 Å². The Morgan fingerprint density at radius 1 is 0.939 bits per heavy atom. The lowest BCUT2D eigenvalue weighted by molar-refractivity contribution is -0.145. The largest absolute Gasteiger partial charge is 0.489 e. The number of carbonyl (C=O) groups is 8. The van der Waals surface area contributed by atoms with Crippen molar-refractivity contribution in [3.05, 3.63) is 87.0 Å². The normalized spacial score (nSPS) is 22.5. The highest BCUT2D eigenvalue weighted by molar-refractivity contribution is 7.52. The lowest BCUT2D eigenvalue weighted by atomic mass is 10.0. The Morgan fingerprint density at radius 3 is 2.51 bits per heavy atom. The summed E-state index contributed by atoms with van der Waals surface area (Å²) in [4.78, 5) is 135. The number of halogens is 4. The fourth-order valence-corrected chi connectivity index (χ4v) is 13.4. The van der Waals surface area contributed by atoms with E-state index in [1.54, 1.807) is 6.07 Å². The van der Waals surface area contributed by atoms with E-state index in [2.05, 4.69) is 25.8 Å². The first-order chi connectivity index (χ1) is 39.0. The van der Waals surface area contributed by atoms with Gasteiger partial charge in [-0.3, -0.25) is 53.1 Å². The smallest absolute Gasteiger partial charge is 0.399 e. The monoisotopic (exact) mass is 1200 g/mol. The summed E-state index contributed by atoms with van der Waals surface area (Å²) in [7, 11) is -5.92. The van der Waals surface area contributed by atoms with Crippen molar-refractivity contribution in [3.63, 3.8) is 0 Å². The van der Waals surface area contributed by atoms with E-state index in [-0.39, 0.29) is 116 Å². The highest BCUT2D eigenvalue weighted by Gasteiger charge is 2.51. The molecule has 7 N–H and O–H groups in total. The average molecular weight is 1200 g/mol. The van der Waals surface area contributed by atoms with Crippen LogP contribution >= 0.6 is 30.5 Å². The molecule has 0 spiro atoms. The van der Waals surface area contributed by atoms with Gasteiger partial charge in [0.1, 0.15) is 37.1 Å². The molecule has 3 aromatic carbocycles. The van der Waals surface area contributed by atoms with Crippen LogP contribution in [0.3, 0.4) is 0 Å². The summed E-state index contributed by atoms with van der Waals surface area (Å²) < 4.78 is 68.1. The predicted octanol–water partition coefficient (Wildman–Crippen LogP) is 3.95. The van der Waals surface area contributed by atoms with Crippen LogP contribution < -0.4 is 36.1 Å². The van der Waals surface area contributed by atoms with Crippen molar-refractivity contribution in [1.29, 1.82) is 0 Å². The number of nitrogens with one attached hydrogen (secondary N) is 3. The first kappa shape index (κ1) is 58.4. The fourth-order valence-electron chi connectivity index (χ4n) is 11.8. The van der Waals surface area contributed by atoms with E-state index in [1.165, 1.54) is 39.0 Å². The number of amides is 8.